The van der Waals surface area contributed by atoms with Gasteiger partial charge >= 0.3 is 5.97 Å². The highest BCUT2D eigenvalue weighted by molar-refractivity contribution is 7.89. The van der Waals surface area contributed by atoms with Crippen molar-refractivity contribution in [3.05, 3.63) is 52.2 Å². The molecule has 0 aliphatic heterocycles. The van der Waals surface area contributed by atoms with Gasteiger partial charge in [0, 0.05) is 19.3 Å². The number of benzene rings is 1. The molecular formula is C16H19N3O6S. The molecular weight excluding hydrogens is 362 g/mol. The standard InChI is InChI=1S/C16H19N3O6S/c1-3-19(4-2)26(23,24)12-7-5-11(6-8-12)25-10-14-17-9-13(16(21)22)15(20)18-14/h5-9H,3-4,10H2,1-2H3,(H,21,22)(H,17,18,20). The summed E-state index contributed by atoms with van der Waals surface area (Å²) in [5, 5.41) is 8.79. The van der Waals surface area contributed by atoms with E-state index in [9.17, 15) is 18.0 Å². The number of nitrogens with zero attached hydrogens (tertiary/aromatic N) is 2. The molecule has 0 aliphatic carbocycles. The molecule has 2 N–H and O–H groups in total. The van der Waals surface area contributed by atoms with Crippen molar-refractivity contribution in [2.24, 2.45) is 0 Å². The minimum atomic E-state index is -3.54. The number of hydrogen-bond donors (Lipinski definition) is 2. The van der Waals surface area contributed by atoms with E-state index < -0.39 is 27.1 Å². The number of aromatic carboxylic acids is 1. The van der Waals surface area contributed by atoms with Gasteiger partial charge in [-0.15, -0.1) is 0 Å². The van der Waals surface area contributed by atoms with Crippen molar-refractivity contribution in [3.63, 3.8) is 0 Å². The van der Waals surface area contributed by atoms with Crippen LogP contribution in [0.25, 0.3) is 0 Å². The lowest BCUT2D eigenvalue weighted by Crippen LogP contribution is -2.30. The molecule has 140 valence electrons. The molecule has 0 spiro atoms. The van der Waals surface area contributed by atoms with E-state index in [-0.39, 0.29) is 17.3 Å². The van der Waals surface area contributed by atoms with E-state index in [1.54, 1.807) is 13.8 Å². The number of carbonyl (C=O) groups is 1. The van der Waals surface area contributed by atoms with Gasteiger partial charge in [-0.1, -0.05) is 13.8 Å². The van der Waals surface area contributed by atoms with E-state index >= 15 is 0 Å². The lowest BCUT2D eigenvalue weighted by Gasteiger charge is -2.18. The van der Waals surface area contributed by atoms with Crippen molar-refractivity contribution in [3.8, 4) is 5.75 Å². The first-order valence-corrected chi connectivity index (χ1v) is 9.28. The Kier molecular flexibility index (Phi) is 6.11. The molecule has 2 aromatic rings. The number of carboxylic acid groups (broad SMARTS) is 1. The van der Waals surface area contributed by atoms with Gasteiger partial charge in [-0.2, -0.15) is 4.31 Å². The molecule has 26 heavy (non-hydrogen) atoms. The summed E-state index contributed by atoms with van der Waals surface area (Å²) in [5.74, 6) is -0.829. The number of sulfonamides is 1. The van der Waals surface area contributed by atoms with Crippen molar-refractivity contribution >= 4 is 16.0 Å². The minimum Gasteiger partial charge on any atom is -0.486 e. The Morgan fingerprint density at radius 1 is 1.23 bits per heavy atom. The van der Waals surface area contributed by atoms with E-state index in [1.165, 1.54) is 28.6 Å². The third-order valence-corrected chi connectivity index (χ3v) is 5.69. The summed E-state index contributed by atoms with van der Waals surface area (Å²) in [6, 6.07) is 5.87. The normalized spacial score (nSPS) is 11.5. The highest BCUT2D eigenvalue weighted by atomic mass is 32.2. The predicted molar refractivity (Wildman–Crippen MR) is 92.7 cm³/mol. The van der Waals surface area contributed by atoms with Crippen LogP contribution in [0.1, 0.15) is 30.0 Å². The van der Waals surface area contributed by atoms with Gasteiger partial charge in [0.05, 0.1) is 4.90 Å². The van der Waals surface area contributed by atoms with E-state index in [0.29, 0.717) is 18.8 Å². The molecule has 10 heteroatoms. The van der Waals surface area contributed by atoms with Gasteiger partial charge in [-0.25, -0.2) is 18.2 Å². The second kappa shape index (κ2) is 8.11. The van der Waals surface area contributed by atoms with Crippen LogP contribution >= 0.6 is 0 Å². The molecule has 0 bridgehead atoms. The number of rotatable bonds is 8. The second-order valence-electron chi connectivity index (χ2n) is 5.23. The topological polar surface area (TPSA) is 130 Å². The molecule has 0 saturated heterocycles. The van der Waals surface area contributed by atoms with Gasteiger partial charge in [-0.3, -0.25) is 4.79 Å². The number of hydrogen-bond acceptors (Lipinski definition) is 6. The van der Waals surface area contributed by atoms with Crippen molar-refractivity contribution in [1.82, 2.24) is 14.3 Å². The van der Waals surface area contributed by atoms with Crippen molar-refractivity contribution in [2.45, 2.75) is 25.3 Å². The molecule has 9 nitrogen and oxygen atoms in total. The summed E-state index contributed by atoms with van der Waals surface area (Å²) in [7, 11) is -3.54. The molecule has 0 saturated carbocycles. The molecule has 0 amide bonds. The van der Waals surface area contributed by atoms with Crippen LogP contribution in [0, 0.1) is 0 Å². The third-order valence-electron chi connectivity index (χ3n) is 3.62. The Morgan fingerprint density at radius 2 is 1.85 bits per heavy atom. The van der Waals surface area contributed by atoms with Crippen LogP contribution in [-0.2, 0) is 16.6 Å². The summed E-state index contributed by atoms with van der Waals surface area (Å²) in [4.78, 5) is 28.6. The smallest absolute Gasteiger partial charge is 0.342 e. The molecule has 0 fully saturated rings. The largest absolute Gasteiger partial charge is 0.486 e. The molecule has 2 rings (SSSR count). The van der Waals surface area contributed by atoms with E-state index in [4.69, 9.17) is 9.84 Å². The first kappa shape index (κ1) is 19.6. The molecule has 0 atom stereocenters. The highest BCUT2D eigenvalue weighted by Gasteiger charge is 2.21. The second-order valence-corrected chi connectivity index (χ2v) is 7.17. The SMILES string of the molecule is CCN(CC)S(=O)(=O)c1ccc(OCc2ncc(C(=O)O)c(=O)[nH]2)cc1. The molecule has 1 heterocycles. The highest BCUT2D eigenvalue weighted by Crippen LogP contribution is 2.19. The Balaban J connectivity index is 2.09. The van der Waals surface area contributed by atoms with Gasteiger partial charge < -0.3 is 14.8 Å². The summed E-state index contributed by atoms with van der Waals surface area (Å²) in [5.41, 5.74) is -1.23. The summed E-state index contributed by atoms with van der Waals surface area (Å²) in [6.45, 7) is 4.19. The lowest BCUT2D eigenvalue weighted by atomic mass is 10.3. The maximum absolute atomic E-state index is 12.4. The fourth-order valence-corrected chi connectivity index (χ4v) is 3.69. The van der Waals surface area contributed by atoms with Crippen LogP contribution in [0.5, 0.6) is 5.75 Å². The Bertz CT molecular complexity index is 933. The van der Waals surface area contributed by atoms with Crippen LogP contribution in [-0.4, -0.2) is 46.9 Å². The van der Waals surface area contributed by atoms with Gasteiger partial charge in [0.2, 0.25) is 10.0 Å². The van der Waals surface area contributed by atoms with Crippen LogP contribution in [0.4, 0.5) is 0 Å². The fourth-order valence-electron chi connectivity index (χ4n) is 2.23. The van der Waals surface area contributed by atoms with E-state index in [0.717, 1.165) is 6.20 Å². The first-order valence-electron chi connectivity index (χ1n) is 7.84. The fraction of sp³-hybridized carbons (Fsp3) is 0.312. The predicted octanol–water partition coefficient (Wildman–Crippen LogP) is 1.08. The van der Waals surface area contributed by atoms with Gasteiger partial charge in [-0.05, 0) is 24.3 Å². The molecule has 0 radical (unpaired) electrons. The number of aromatic amines is 1. The van der Waals surface area contributed by atoms with Gasteiger partial charge in [0.15, 0.2) is 0 Å². The number of nitrogens with one attached hydrogen (secondary N) is 1. The van der Waals surface area contributed by atoms with Crippen molar-refractivity contribution in [2.75, 3.05) is 13.1 Å². The zero-order valence-electron chi connectivity index (χ0n) is 14.3. The van der Waals surface area contributed by atoms with Crippen LogP contribution < -0.4 is 10.3 Å². The van der Waals surface area contributed by atoms with Crippen LogP contribution in [0.3, 0.4) is 0 Å². The first-order chi connectivity index (χ1) is 12.3. The van der Waals surface area contributed by atoms with Crippen molar-refractivity contribution in [1.29, 1.82) is 0 Å². The van der Waals surface area contributed by atoms with E-state index in [2.05, 4.69) is 9.97 Å². The zero-order chi connectivity index (χ0) is 19.3. The number of aromatic nitrogens is 2. The Hall–Kier alpha value is -2.72. The number of carboxylic acids is 1. The average Bonchev–Trinajstić information content (AvgIpc) is 2.61. The summed E-state index contributed by atoms with van der Waals surface area (Å²) >= 11 is 0. The Morgan fingerprint density at radius 3 is 2.35 bits per heavy atom. The zero-order valence-corrected chi connectivity index (χ0v) is 15.1. The maximum atomic E-state index is 12.4. The summed E-state index contributed by atoms with van der Waals surface area (Å²) < 4.78 is 31.6. The lowest BCUT2D eigenvalue weighted by molar-refractivity contribution is 0.0694. The van der Waals surface area contributed by atoms with Crippen molar-refractivity contribution < 1.29 is 23.1 Å². The van der Waals surface area contributed by atoms with Crippen LogP contribution in [0.15, 0.2) is 40.2 Å². The average molecular weight is 381 g/mol. The minimum absolute atomic E-state index is 0.0999. The quantitative estimate of drug-likeness (QED) is 0.700. The molecule has 0 unspecified atom stereocenters. The molecule has 1 aromatic heterocycles. The maximum Gasteiger partial charge on any atom is 0.342 e. The number of H-pyrrole nitrogens is 1. The monoisotopic (exact) mass is 381 g/mol. The van der Waals surface area contributed by atoms with Gasteiger partial charge in [0.1, 0.15) is 23.7 Å². The van der Waals surface area contributed by atoms with Gasteiger partial charge in [0.25, 0.3) is 5.56 Å². The number of ether oxygens (including phenoxy) is 1. The van der Waals surface area contributed by atoms with E-state index in [1.807, 2.05) is 0 Å². The Labute approximate surface area is 150 Å². The summed E-state index contributed by atoms with van der Waals surface area (Å²) in [6.07, 6.45) is 0.958. The van der Waals surface area contributed by atoms with Crippen LogP contribution in [0.2, 0.25) is 0 Å². The third kappa shape index (κ3) is 4.27. The molecule has 1 aromatic carbocycles. The molecule has 0 aliphatic rings.